The molecule has 0 bridgehead atoms. The molecule has 9 heteroatoms. The topological polar surface area (TPSA) is 65.5 Å². The van der Waals surface area contributed by atoms with Gasteiger partial charge >= 0.3 is 6.61 Å². The van der Waals surface area contributed by atoms with Gasteiger partial charge in [0.25, 0.3) is 5.22 Å². The molecule has 3 heterocycles. The second-order valence-corrected chi connectivity index (χ2v) is 6.70. The number of thioether (sulfide) groups is 1. The maximum Gasteiger partial charge on any atom is 0.387 e. The molecular weight excluding hydrogens is 374 g/mol. The normalized spacial score (nSPS) is 11.4. The molecular formula is C18H14F2N4O2S. The summed E-state index contributed by atoms with van der Waals surface area (Å²) in [5.41, 5.74) is 3.57. The van der Waals surface area contributed by atoms with Gasteiger partial charge in [-0.1, -0.05) is 17.8 Å². The second kappa shape index (κ2) is 7.36. The number of hydrogen-bond donors (Lipinski definition) is 0. The molecule has 0 saturated heterocycles. The molecule has 0 fully saturated rings. The average molecular weight is 388 g/mol. The van der Waals surface area contributed by atoms with Gasteiger partial charge in [0.05, 0.1) is 5.69 Å². The SMILES string of the molecule is Cc1ccc2nc(CSc3nnc(-c4ccc(OC(F)F)cc4)o3)cn2c1. The van der Waals surface area contributed by atoms with Gasteiger partial charge in [0.1, 0.15) is 11.4 Å². The van der Waals surface area contributed by atoms with E-state index in [0.29, 0.717) is 22.4 Å². The quantitative estimate of drug-likeness (QED) is 0.450. The van der Waals surface area contributed by atoms with Gasteiger partial charge in [0.2, 0.25) is 5.89 Å². The maximum absolute atomic E-state index is 12.2. The molecule has 4 rings (SSSR count). The highest BCUT2D eigenvalue weighted by molar-refractivity contribution is 7.98. The van der Waals surface area contributed by atoms with E-state index in [2.05, 4.69) is 19.9 Å². The smallest absolute Gasteiger partial charge is 0.387 e. The second-order valence-electron chi connectivity index (χ2n) is 5.77. The Bertz CT molecular complexity index is 1060. The molecule has 0 radical (unpaired) electrons. The number of benzene rings is 1. The largest absolute Gasteiger partial charge is 0.435 e. The van der Waals surface area contributed by atoms with Crippen LogP contribution in [0.1, 0.15) is 11.3 Å². The molecule has 0 atom stereocenters. The zero-order chi connectivity index (χ0) is 18.8. The molecule has 138 valence electrons. The number of hydrogen-bond acceptors (Lipinski definition) is 6. The van der Waals surface area contributed by atoms with Crippen LogP contribution in [0.3, 0.4) is 0 Å². The number of halogens is 2. The van der Waals surface area contributed by atoms with Gasteiger partial charge in [0, 0.05) is 23.7 Å². The minimum atomic E-state index is -2.86. The van der Waals surface area contributed by atoms with E-state index in [1.165, 1.54) is 23.9 Å². The van der Waals surface area contributed by atoms with Crippen molar-refractivity contribution in [1.29, 1.82) is 0 Å². The van der Waals surface area contributed by atoms with Crippen LogP contribution >= 0.6 is 11.8 Å². The number of fused-ring (bicyclic) bond motifs is 1. The number of ether oxygens (including phenoxy) is 1. The lowest BCUT2D eigenvalue weighted by Crippen LogP contribution is -2.01. The summed E-state index contributed by atoms with van der Waals surface area (Å²) in [6.07, 6.45) is 3.98. The molecule has 0 amide bonds. The van der Waals surface area contributed by atoms with Gasteiger partial charge in [-0.25, -0.2) is 4.98 Å². The Morgan fingerprint density at radius 3 is 2.70 bits per heavy atom. The summed E-state index contributed by atoms with van der Waals surface area (Å²) in [7, 11) is 0. The molecule has 1 aromatic carbocycles. The van der Waals surface area contributed by atoms with Crippen LogP contribution in [0.2, 0.25) is 0 Å². The van der Waals surface area contributed by atoms with Crippen molar-refractivity contribution < 1.29 is 17.9 Å². The van der Waals surface area contributed by atoms with Crippen LogP contribution in [0, 0.1) is 6.92 Å². The monoisotopic (exact) mass is 388 g/mol. The lowest BCUT2D eigenvalue weighted by atomic mass is 10.2. The van der Waals surface area contributed by atoms with Gasteiger partial charge in [-0.2, -0.15) is 8.78 Å². The van der Waals surface area contributed by atoms with Crippen molar-refractivity contribution in [3.05, 3.63) is 60.0 Å². The molecule has 0 N–H and O–H groups in total. The number of aryl methyl sites for hydroxylation is 1. The van der Waals surface area contributed by atoms with Gasteiger partial charge in [-0.3, -0.25) is 0 Å². The fraction of sp³-hybridized carbons (Fsp3) is 0.167. The van der Waals surface area contributed by atoms with E-state index in [1.807, 2.05) is 35.9 Å². The molecule has 0 aliphatic rings. The summed E-state index contributed by atoms with van der Waals surface area (Å²) in [4.78, 5) is 4.54. The van der Waals surface area contributed by atoms with Crippen LogP contribution in [-0.2, 0) is 5.75 Å². The minimum Gasteiger partial charge on any atom is -0.435 e. The number of rotatable bonds is 6. The summed E-state index contributed by atoms with van der Waals surface area (Å²) >= 11 is 1.38. The zero-order valence-electron chi connectivity index (χ0n) is 14.2. The third-order valence-electron chi connectivity index (χ3n) is 3.73. The van der Waals surface area contributed by atoms with Crippen LogP contribution in [-0.4, -0.2) is 26.2 Å². The van der Waals surface area contributed by atoms with Crippen molar-refractivity contribution in [3.8, 4) is 17.2 Å². The molecule has 4 aromatic rings. The van der Waals surface area contributed by atoms with Gasteiger partial charge in [-0.15, -0.1) is 10.2 Å². The summed E-state index contributed by atoms with van der Waals surface area (Å²) in [6, 6.07) is 10.0. The Morgan fingerprint density at radius 2 is 1.93 bits per heavy atom. The summed E-state index contributed by atoms with van der Waals surface area (Å²) in [5.74, 6) is 0.973. The molecule has 0 unspecified atom stereocenters. The van der Waals surface area contributed by atoms with Crippen LogP contribution in [0.25, 0.3) is 17.1 Å². The summed E-state index contributed by atoms with van der Waals surface area (Å²) < 4.78 is 36.3. The number of alkyl halides is 2. The van der Waals surface area contributed by atoms with Crippen molar-refractivity contribution in [3.63, 3.8) is 0 Å². The van der Waals surface area contributed by atoms with E-state index in [-0.39, 0.29) is 5.75 Å². The first kappa shape index (κ1) is 17.5. The summed E-state index contributed by atoms with van der Waals surface area (Å²) in [6.45, 7) is -0.828. The predicted octanol–water partition coefficient (Wildman–Crippen LogP) is 4.59. The molecule has 0 aliphatic carbocycles. The van der Waals surface area contributed by atoms with Gasteiger partial charge in [0.15, 0.2) is 0 Å². The lowest BCUT2D eigenvalue weighted by molar-refractivity contribution is -0.0498. The van der Waals surface area contributed by atoms with E-state index in [9.17, 15) is 8.78 Å². The molecule has 6 nitrogen and oxygen atoms in total. The van der Waals surface area contributed by atoms with E-state index in [4.69, 9.17) is 4.42 Å². The maximum atomic E-state index is 12.2. The first-order valence-electron chi connectivity index (χ1n) is 8.02. The number of imidazole rings is 1. The van der Waals surface area contributed by atoms with Crippen LogP contribution in [0.5, 0.6) is 5.75 Å². The van der Waals surface area contributed by atoms with E-state index in [0.717, 1.165) is 16.9 Å². The van der Waals surface area contributed by atoms with Crippen LogP contribution in [0.15, 0.2) is 58.4 Å². The zero-order valence-corrected chi connectivity index (χ0v) is 15.0. The first-order chi connectivity index (χ1) is 13.1. The number of nitrogens with zero attached hydrogens (tertiary/aromatic N) is 4. The first-order valence-corrected chi connectivity index (χ1v) is 9.01. The fourth-order valence-electron chi connectivity index (χ4n) is 2.52. The molecule has 3 aromatic heterocycles. The Morgan fingerprint density at radius 1 is 1.11 bits per heavy atom. The van der Waals surface area contributed by atoms with Crippen molar-refractivity contribution in [1.82, 2.24) is 19.6 Å². The Balaban J connectivity index is 1.42. The van der Waals surface area contributed by atoms with Crippen molar-refractivity contribution in [2.75, 3.05) is 0 Å². The highest BCUT2D eigenvalue weighted by atomic mass is 32.2. The lowest BCUT2D eigenvalue weighted by Gasteiger charge is -2.03. The average Bonchev–Trinajstić information content (AvgIpc) is 3.26. The number of pyridine rings is 1. The molecule has 0 spiro atoms. The minimum absolute atomic E-state index is 0.0740. The predicted molar refractivity (Wildman–Crippen MR) is 95.9 cm³/mol. The Labute approximate surface area is 157 Å². The molecule has 0 saturated carbocycles. The van der Waals surface area contributed by atoms with E-state index in [1.54, 1.807) is 12.1 Å². The molecule has 0 aliphatic heterocycles. The van der Waals surface area contributed by atoms with Crippen molar-refractivity contribution >= 4 is 17.4 Å². The Kier molecular flexibility index (Phi) is 4.76. The van der Waals surface area contributed by atoms with Crippen molar-refractivity contribution in [2.45, 2.75) is 24.5 Å². The third kappa shape index (κ3) is 4.08. The van der Waals surface area contributed by atoms with Gasteiger partial charge in [-0.05, 0) is 42.8 Å². The third-order valence-corrected chi connectivity index (χ3v) is 4.58. The standard InChI is InChI=1S/C18H14F2N4O2S/c1-11-2-7-15-21-13(9-24(15)8-11)10-27-18-23-22-16(26-18)12-3-5-14(6-4-12)25-17(19)20/h2-9,17H,10H2,1H3. The van der Waals surface area contributed by atoms with E-state index < -0.39 is 6.61 Å². The molecule has 27 heavy (non-hydrogen) atoms. The van der Waals surface area contributed by atoms with Crippen molar-refractivity contribution in [2.24, 2.45) is 0 Å². The fourth-order valence-corrected chi connectivity index (χ4v) is 3.17. The Hall–Kier alpha value is -2.94. The van der Waals surface area contributed by atoms with Gasteiger partial charge < -0.3 is 13.6 Å². The number of aromatic nitrogens is 4. The highest BCUT2D eigenvalue weighted by Gasteiger charge is 2.11. The van der Waals surface area contributed by atoms with Crippen LogP contribution in [0.4, 0.5) is 8.78 Å². The summed E-state index contributed by atoms with van der Waals surface area (Å²) in [5, 5.41) is 8.41. The highest BCUT2D eigenvalue weighted by Crippen LogP contribution is 2.27. The van der Waals surface area contributed by atoms with Crippen LogP contribution < -0.4 is 4.74 Å². The van der Waals surface area contributed by atoms with E-state index >= 15 is 0 Å².